The smallest absolute Gasteiger partial charge is 0.179 e. The molecule has 0 heterocycles. The first kappa shape index (κ1) is 15.7. The second-order valence-electron chi connectivity index (χ2n) is 5.20. The highest BCUT2D eigenvalue weighted by Crippen LogP contribution is 2.16. The summed E-state index contributed by atoms with van der Waals surface area (Å²) in [5, 5.41) is 0.730. The minimum Gasteiger partial charge on any atom is -0.292 e. The first-order chi connectivity index (χ1) is 10.1. The van der Waals surface area contributed by atoms with E-state index in [9.17, 15) is 4.79 Å². The highest BCUT2D eigenvalue weighted by atomic mass is 35.5. The molecule has 0 aliphatic heterocycles. The average Bonchev–Trinajstić information content (AvgIpc) is 2.51. The largest absolute Gasteiger partial charge is 0.292 e. The molecule has 0 saturated heterocycles. The van der Waals surface area contributed by atoms with Crippen LogP contribution in [0.25, 0.3) is 0 Å². The van der Waals surface area contributed by atoms with Gasteiger partial charge >= 0.3 is 0 Å². The van der Waals surface area contributed by atoms with Crippen LogP contribution in [0.15, 0.2) is 54.6 Å². The maximum Gasteiger partial charge on any atom is 0.179 e. The molecule has 0 amide bonds. The number of carbonyl (C=O) groups excluding carboxylic acids is 1. The molecular formula is C18H20ClNO. The molecule has 0 fully saturated rings. The van der Waals surface area contributed by atoms with Crippen LogP contribution in [-0.2, 0) is 6.54 Å². The third-order valence-corrected chi connectivity index (χ3v) is 3.88. The van der Waals surface area contributed by atoms with E-state index in [2.05, 4.69) is 4.90 Å². The fraction of sp³-hybridized carbons (Fsp3) is 0.278. The lowest BCUT2D eigenvalue weighted by molar-refractivity contribution is 0.0838. The summed E-state index contributed by atoms with van der Waals surface area (Å²) in [6.45, 7) is 2.78. The number of rotatable bonds is 6. The molecule has 1 unspecified atom stereocenters. The average molecular weight is 302 g/mol. The van der Waals surface area contributed by atoms with E-state index in [0.29, 0.717) is 0 Å². The molecule has 0 N–H and O–H groups in total. The summed E-state index contributed by atoms with van der Waals surface area (Å²) in [4.78, 5) is 14.7. The number of ketones is 1. The quantitative estimate of drug-likeness (QED) is 0.736. The zero-order valence-corrected chi connectivity index (χ0v) is 13.2. The van der Waals surface area contributed by atoms with Gasteiger partial charge in [0.1, 0.15) is 0 Å². The lowest BCUT2D eigenvalue weighted by Gasteiger charge is -2.26. The van der Waals surface area contributed by atoms with Crippen LogP contribution >= 0.6 is 11.6 Å². The predicted molar refractivity (Wildman–Crippen MR) is 87.8 cm³/mol. The highest BCUT2D eigenvalue weighted by Gasteiger charge is 2.22. The summed E-state index contributed by atoms with van der Waals surface area (Å²) in [5.74, 6) is 0.176. The summed E-state index contributed by atoms with van der Waals surface area (Å²) >= 11 is 5.90. The fourth-order valence-corrected chi connectivity index (χ4v) is 2.61. The van der Waals surface area contributed by atoms with Gasteiger partial charge in [0.15, 0.2) is 5.78 Å². The molecule has 0 radical (unpaired) electrons. The van der Waals surface area contributed by atoms with E-state index in [0.717, 1.165) is 29.1 Å². The topological polar surface area (TPSA) is 20.3 Å². The number of hydrogen-bond donors (Lipinski definition) is 0. The molecule has 0 aliphatic carbocycles. The fourth-order valence-electron chi connectivity index (χ4n) is 2.48. The van der Waals surface area contributed by atoms with Crippen LogP contribution in [0.2, 0.25) is 5.02 Å². The van der Waals surface area contributed by atoms with E-state index in [1.807, 2.05) is 68.6 Å². The second-order valence-corrected chi connectivity index (χ2v) is 5.63. The monoisotopic (exact) mass is 301 g/mol. The van der Waals surface area contributed by atoms with Crippen molar-refractivity contribution in [2.24, 2.45) is 0 Å². The Morgan fingerprint density at radius 1 is 1.10 bits per heavy atom. The van der Waals surface area contributed by atoms with Crippen LogP contribution in [0.4, 0.5) is 0 Å². The molecule has 2 rings (SSSR count). The second kappa shape index (κ2) is 7.39. The standard InChI is InChI=1S/C18H20ClNO/c1-3-17(18(21)15-7-5-4-6-8-15)20(2)13-14-9-11-16(19)12-10-14/h4-12,17H,3,13H2,1-2H3. The van der Waals surface area contributed by atoms with Crippen molar-refractivity contribution in [3.63, 3.8) is 0 Å². The molecule has 21 heavy (non-hydrogen) atoms. The number of Topliss-reactive ketones (excluding diaryl/α,β-unsaturated/α-hetero) is 1. The Morgan fingerprint density at radius 3 is 2.29 bits per heavy atom. The summed E-state index contributed by atoms with van der Waals surface area (Å²) < 4.78 is 0. The van der Waals surface area contributed by atoms with E-state index < -0.39 is 0 Å². The third kappa shape index (κ3) is 4.16. The van der Waals surface area contributed by atoms with Gasteiger partial charge in [-0.2, -0.15) is 0 Å². The summed E-state index contributed by atoms with van der Waals surface area (Å²) in [5.41, 5.74) is 1.92. The van der Waals surface area contributed by atoms with Gasteiger partial charge in [0.05, 0.1) is 6.04 Å². The molecule has 2 aromatic carbocycles. The zero-order valence-electron chi connectivity index (χ0n) is 12.4. The molecule has 0 spiro atoms. The number of hydrogen-bond acceptors (Lipinski definition) is 2. The van der Waals surface area contributed by atoms with Gasteiger partial charge in [-0.3, -0.25) is 9.69 Å². The number of nitrogens with zero attached hydrogens (tertiary/aromatic N) is 1. The van der Waals surface area contributed by atoms with Gasteiger partial charge < -0.3 is 0 Å². The Morgan fingerprint density at radius 2 is 1.71 bits per heavy atom. The van der Waals surface area contributed by atoms with Gasteiger partial charge in [0, 0.05) is 17.1 Å². The van der Waals surface area contributed by atoms with Crippen molar-refractivity contribution in [1.82, 2.24) is 4.90 Å². The molecule has 0 bridgehead atoms. The summed E-state index contributed by atoms with van der Waals surface area (Å²) in [6.07, 6.45) is 0.790. The Hall–Kier alpha value is -1.64. The Labute approximate surface area is 131 Å². The number of halogens is 1. The molecule has 2 aromatic rings. The number of carbonyl (C=O) groups is 1. The van der Waals surface area contributed by atoms with Gasteiger partial charge in [0.25, 0.3) is 0 Å². The van der Waals surface area contributed by atoms with E-state index in [4.69, 9.17) is 11.6 Å². The van der Waals surface area contributed by atoms with E-state index in [-0.39, 0.29) is 11.8 Å². The van der Waals surface area contributed by atoms with Crippen LogP contribution in [0.3, 0.4) is 0 Å². The van der Waals surface area contributed by atoms with Crippen LogP contribution in [0, 0.1) is 0 Å². The van der Waals surface area contributed by atoms with E-state index in [1.165, 1.54) is 0 Å². The Balaban J connectivity index is 2.09. The predicted octanol–water partition coefficient (Wildman–Crippen LogP) is 4.43. The van der Waals surface area contributed by atoms with Crippen LogP contribution < -0.4 is 0 Å². The minimum absolute atomic E-state index is 0.108. The lowest BCUT2D eigenvalue weighted by atomic mass is 10.0. The third-order valence-electron chi connectivity index (χ3n) is 3.62. The zero-order chi connectivity index (χ0) is 15.2. The molecule has 0 saturated carbocycles. The van der Waals surface area contributed by atoms with Crippen LogP contribution in [0.1, 0.15) is 29.3 Å². The van der Waals surface area contributed by atoms with Gasteiger partial charge in [-0.25, -0.2) is 0 Å². The summed E-state index contributed by atoms with van der Waals surface area (Å²) in [7, 11) is 1.99. The number of benzene rings is 2. The van der Waals surface area contributed by atoms with Crippen molar-refractivity contribution in [3.05, 3.63) is 70.7 Å². The number of likely N-dealkylation sites (N-methyl/N-ethyl adjacent to an activating group) is 1. The first-order valence-corrected chi connectivity index (χ1v) is 7.53. The molecule has 2 nitrogen and oxygen atoms in total. The molecule has 110 valence electrons. The minimum atomic E-state index is -0.108. The van der Waals surface area contributed by atoms with Gasteiger partial charge in [0.2, 0.25) is 0 Å². The van der Waals surface area contributed by atoms with Crippen LogP contribution in [0.5, 0.6) is 0 Å². The Bertz CT molecular complexity index is 580. The molecule has 3 heteroatoms. The van der Waals surface area contributed by atoms with Crippen molar-refractivity contribution < 1.29 is 4.79 Å². The van der Waals surface area contributed by atoms with Gasteiger partial charge in [-0.1, -0.05) is 61.0 Å². The van der Waals surface area contributed by atoms with Gasteiger partial charge in [-0.05, 0) is 31.2 Å². The maximum absolute atomic E-state index is 12.6. The molecule has 0 aromatic heterocycles. The normalized spacial score (nSPS) is 12.4. The van der Waals surface area contributed by atoms with Crippen molar-refractivity contribution in [3.8, 4) is 0 Å². The molecule has 1 atom stereocenters. The highest BCUT2D eigenvalue weighted by molar-refractivity contribution is 6.30. The van der Waals surface area contributed by atoms with Crippen molar-refractivity contribution >= 4 is 17.4 Å². The van der Waals surface area contributed by atoms with E-state index >= 15 is 0 Å². The lowest BCUT2D eigenvalue weighted by Crippen LogP contribution is -2.37. The maximum atomic E-state index is 12.6. The van der Waals surface area contributed by atoms with Crippen LogP contribution in [-0.4, -0.2) is 23.8 Å². The van der Waals surface area contributed by atoms with Crippen molar-refractivity contribution in [2.75, 3.05) is 7.05 Å². The van der Waals surface area contributed by atoms with E-state index in [1.54, 1.807) is 0 Å². The SMILES string of the molecule is CCC(C(=O)c1ccccc1)N(C)Cc1ccc(Cl)cc1. The van der Waals surface area contributed by atoms with Crippen molar-refractivity contribution in [2.45, 2.75) is 25.9 Å². The summed E-state index contributed by atoms with van der Waals surface area (Å²) in [6, 6.07) is 17.1. The van der Waals surface area contributed by atoms with Crippen molar-refractivity contribution in [1.29, 1.82) is 0 Å². The first-order valence-electron chi connectivity index (χ1n) is 7.15. The van der Waals surface area contributed by atoms with Gasteiger partial charge in [-0.15, -0.1) is 0 Å². The Kier molecular flexibility index (Phi) is 5.54. The molecule has 0 aliphatic rings. The molecular weight excluding hydrogens is 282 g/mol.